The van der Waals surface area contributed by atoms with E-state index in [-0.39, 0.29) is 12.5 Å². The zero-order valence-electron chi connectivity index (χ0n) is 18.8. The first-order valence-corrected chi connectivity index (χ1v) is 11.8. The number of amides is 1. The largest absolute Gasteiger partial charge is 0.497 e. The minimum atomic E-state index is 0.0588. The lowest BCUT2D eigenvalue weighted by molar-refractivity contribution is -0.125. The van der Waals surface area contributed by atoms with E-state index in [0.29, 0.717) is 17.9 Å². The van der Waals surface area contributed by atoms with Gasteiger partial charge in [0, 0.05) is 17.6 Å². The van der Waals surface area contributed by atoms with Gasteiger partial charge in [-0.15, -0.1) is 0 Å². The molecule has 4 bridgehead atoms. The summed E-state index contributed by atoms with van der Waals surface area (Å²) in [6.07, 6.45) is 8.43. The second-order valence-corrected chi connectivity index (χ2v) is 10.1. The van der Waals surface area contributed by atoms with Gasteiger partial charge < -0.3 is 10.1 Å². The van der Waals surface area contributed by atoms with Gasteiger partial charge in [0.2, 0.25) is 5.91 Å². The zero-order valence-corrected chi connectivity index (χ0v) is 18.8. The summed E-state index contributed by atoms with van der Waals surface area (Å²) in [5, 5.41) is 9.10. The number of aromatic nitrogens is 3. The average molecular weight is 431 g/mol. The van der Waals surface area contributed by atoms with E-state index in [1.807, 2.05) is 37.3 Å². The Morgan fingerprint density at radius 2 is 1.75 bits per heavy atom. The molecule has 1 amide bonds. The smallest absolute Gasteiger partial charge is 0.242 e. The van der Waals surface area contributed by atoms with Crippen molar-refractivity contribution in [1.82, 2.24) is 20.1 Å². The molecule has 4 aliphatic carbocycles. The zero-order chi connectivity index (χ0) is 21.8. The summed E-state index contributed by atoms with van der Waals surface area (Å²) in [7, 11) is 1.67. The Hall–Kier alpha value is -2.89. The number of methoxy groups -OCH3 is 1. The number of hydrogen-bond acceptors (Lipinski definition) is 4. The van der Waals surface area contributed by atoms with Gasteiger partial charge >= 0.3 is 0 Å². The van der Waals surface area contributed by atoms with Crippen molar-refractivity contribution >= 4 is 16.9 Å². The number of nitrogens with zero attached hydrogens (tertiary/aromatic N) is 3. The first kappa shape index (κ1) is 19.8. The van der Waals surface area contributed by atoms with Crippen molar-refractivity contribution in [2.24, 2.45) is 23.7 Å². The number of benzene rings is 1. The van der Waals surface area contributed by atoms with E-state index in [0.717, 1.165) is 45.4 Å². The maximum absolute atomic E-state index is 13.1. The molecular formula is C26H30N4O2. The maximum Gasteiger partial charge on any atom is 0.242 e. The van der Waals surface area contributed by atoms with Crippen LogP contribution in [0.15, 0.2) is 36.5 Å². The highest BCUT2D eigenvalue weighted by atomic mass is 16.5. The number of carbonyl (C=O) groups is 1. The van der Waals surface area contributed by atoms with Crippen LogP contribution >= 0.6 is 0 Å². The molecule has 0 unspecified atom stereocenters. The van der Waals surface area contributed by atoms with Crippen LogP contribution in [0, 0.1) is 30.6 Å². The monoisotopic (exact) mass is 430 g/mol. The summed E-state index contributed by atoms with van der Waals surface area (Å²) in [6, 6.07) is 10.4. The molecule has 7 rings (SSSR count). The molecule has 0 spiro atoms. The number of aryl methyl sites for hydroxylation is 1. The van der Waals surface area contributed by atoms with Crippen LogP contribution in [-0.2, 0) is 11.3 Å². The van der Waals surface area contributed by atoms with E-state index >= 15 is 0 Å². The van der Waals surface area contributed by atoms with Crippen LogP contribution in [0.4, 0.5) is 0 Å². The third-order valence-corrected chi connectivity index (χ3v) is 8.06. The molecule has 0 saturated heterocycles. The Bertz CT molecular complexity index is 1140. The lowest BCUT2D eigenvalue weighted by Gasteiger charge is -2.54. The predicted molar refractivity (Wildman–Crippen MR) is 123 cm³/mol. The van der Waals surface area contributed by atoms with Crippen molar-refractivity contribution in [2.75, 3.05) is 7.11 Å². The third-order valence-electron chi connectivity index (χ3n) is 8.06. The average Bonchev–Trinajstić information content (AvgIpc) is 3.11. The highest BCUT2D eigenvalue weighted by Gasteiger charge is 2.48. The summed E-state index contributed by atoms with van der Waals surface area (Å²) in [5.41, 5.74) is 3.80. The molecule has 32 heavy (non-hydrogen) atoms. The van der Waals surface area contributed by atoms with Crippen LogP contribution in [-0.4, -0.2) is 33.8 Å². The van der Waals surface area contributed by atoms with Gasteiger partial charge in [0.25, 0.3) is 0 Å². The summed E-state index contributed by atoms with van der Waals surface area (Å²) >= 11 is 0. The van der Waals surface area contributed by atoms with Gasteiger partial charge in [-0.2, -0.15) is 5.10 Å². The normalized spacial score (nSPS) is 28.2. The number of hydrogen-bond donors (Lipinski definition) is 1. The first-order chi connectivity index (χ1) is 15.6. The van der Waals surface area contributed by atoms with Crippen molar-refractivity contribution in [1.29, 1.82) is 0 Å². The molecular weight excluding hydrogens is 400 g/mol. The van der Waals surface area contributed by atoms with E-state index < -0.39 is 0 Å². The maximum atomic E-state index is 13.1. The molecule has 0 radical (unpaired) electrons. The van der Waals surface area contributed by atoms with Gasteiger partial charge in [-0.05, 0) is 92.0 Å². The van der Waals surface area contributed by atoms with Crippen molar-refractivity contribution < 1.29 is 9.53 Å². The lowest BCUT2D eigenvalue weighted by Crippen LogP contribution is -2.56. The summed E-state index contributed by atoms with van der Waals surface area (Å²) in [5.74, 6) is 4.04. The van der Waals surface area contributed by atoms with Gasteiger partial charge in [0.1, 0.15) is 12.3 Å². The van der Waals surface area contributed by atoms with Crippen LogP contribution in [0.1, 0.15) is 37.8 Å². The number of fused-ring (bicyclic) bond motifs is 1. The summed E-state index contributed by atoms with van der Waals surface area (Å²) in [6.45, 7) is 2.20. The van der Waals surface area contributed by atoms with E-state index in [9.17, 15) is 4.79 Å². The highest BCUT2D eigenvalue weighted by molar-refractivity contribution is 5.95. The van der Waals surface area contributed by atoms with Crippen molar-refractivity contribution in [2.45, 2.75) is 51.6 Å². The molecule has 2 aromatic heterocycles. The van der Waals surface area contributed by atoms with Crippen molar-refractivity contribution in [3.05, 3.63) is 42.2 Å². The summed E-state index contributed by atoms with van der Waals surface area (Å²) in [4.78, 5) is 17.7. The Kier molecular flexibility index (Phi) is 4.70. The minimum Gasteiger partial charge on any atom is -0.497 e. The fraction of sp³-hybridized carbons (Fsp3) is 0.500. The SMILES string of the molecule is COc1ccc(-c2ccnc3c2c(C)nn3CC(=O)NC2C3CC4CC(C3)CC2C4)cc1. The molecule has 0 aliphatic heterocycles. The molecule has 1 N–H and O–H groups in total. The predicted octanol–water partition coefficient (Wildman–Crippen LogP) is 4.36. The second kappa shape index (κ2) is 7.61. The Labute approximate surface area is 188 Å². The second-order valence-electron chi connectivity index (χ2n) is 10.1. The summed E-state index contributed by atoms with van der Waals surface area (Å²) < 4.78 is 7.06. The standard InChI is InChI=1S/C26H30N4O2/c1-15-24-22(18-3-5-21(32-2)6-4-18)7-8-27-26(24)30(29-15)14-23(31)28-25-19-10-16-9-17(12-19)13-20(25)11-16/h3-8,16-17,19-20,25H,9-14H2,1-2H3,(H,28,31). The molecule has 3 aromatic rings. The molecule has 0 atom stereocenters. The van der Waals surface area contributed by atoms with E-state index in [1.54, 1.807) is 18.0 Å². The van der Waals surface area contributed by atoms with Gasteiger partial charge in [-0.3, -0.25) is 4.79 Å². The van der Waals surface area contributed by atoms with Crippen LogP contribution in [0.2, 0.25) is 0 Å². The molecule has 166 valence electrons. The van der Waals surface area contributed by atoms with Crippen molar-refractivity contribution in [3.63, 3.8) is 0 Å². The fourth-order valence-corrected chi connectivity index (χ4v) is 6.93. The Morgan fingerprint density at radius 3 is 2.41 bits per heavy atom. The van der Waals surface area contributed by atoms with Gasteiger partial charge in [0.15, 0.2) is 5.65 Å². The molecule has 6 nitrogen and oxygen atoms in total. The molecule has 4 saturated carbocycles. The van der Waals surface area contributed by atoms with E-state index in [2.05, 4.69) is 10.3 Å². The Morgan fingerprint density at radius 1 is 1.06 bits per heavy atom. The molecule has 1 aromatic carbocycles. The number of carbonyl (C=O) groups excluding carboxylic acids is 1. The highest BCUT2D eigenvalue weighted by Crippen LogP contribution is 2.53. The van der Waals surface area contributed by atoms with E-state index in [4.69, 9.17) is 9.84 Å². The minimum absolute atomic E-state index is 0.0588. The van der Waals surface area contributed by atoms with Crippen LogP contribution in [0.25, 0.3) is 22.2 Å². The van der Waals surface area contributed by atoms with E-state index in [1.165, 1.54) is 32.1 Å². The topological polar surface area (TPSA) is 69.0 Å². The molecule has 4 aliphatic rings. The Balaban J connectivity index is 1.24. The van der Waals surface area contributed by atoms with Gasteiger partial charge in [-0.25, -0.2) is 9.67 Å². The fourth-order valence-electron chi connectivity index (χ4n) is 6.93. The third kappa shape index (κ3) is 3.28. The molecule has 6 heteroatoms. The van der Waals surface area contributed by atoms with Crippen molar-refractivity contribution in [3.8, 4) is 16.9 Å². The first-order valence-electron chi connectivity index (χ1n) is 11.8. The van der Waals surface area contributed by atoms with Crippen LogP contribution < -0.4 is 10.1 Å². The molecule has 2 heterocycles. The number of pyridine rings is 1. The van der Waals surface area contributed by atoms with Gasteiger partial charge in [-0.1, -0.05) is 12.1 Å². The van der Waals surface area contributed by atoms with Gasteiger partial charge in [0.05, 0.1) is 12.8 Å². The lowest BCUT2D eigenvalue weighted by atomic mass is 9.54. The van der Waals surface area contributed by atoms with Crippen LogP contribution in [0.3, 0.4) is 0 Å². The number of nitrogens with one attached hydrogen (secondary N) is 1. The van der Waals surface area contributed by atoms with Crippen LogP contribution in [0.5, 0.6) is 5.75 Å². The number of rotatable bonds is 5. The quantitative estimate of drug-likeness (QED) is 0.653. The molecule has 4 fully saturated rings. The number of ether oxygens (including phenoxy) is 1.